The number of halogens is 1. The summed E-state index contributed by atoms with van der Waals surface area (Å²) in [6, 6.07) is 17.9. The lowest BCUT2D eigenvalue weighted by Gasteiger charge is -2.26. The van der Waals surface area contributed by atoms with Crippen LogP contribution in [0.1, 0.15) is 11.6 Å². The molecule has 154 valence electrons. The topological polar surface area (TPSA) is 96.8 Å². The molecule has 1 atom stereocenters. The first-order chi connectivity index (χ1) is 14.4. The Labute approximate surface area is 179 Å². The van der Waals surface area contributed by atoms with Gasteiger partial charge >= 0.3 is 0 Å². The molecule has 0 radical (unpaired) electrons. The van der Waals surface area contributed by atoms with Gasteiger partial charge in [-0.25, -0.2) is 8.42 Å². The monoisotopic (exact) mass is 443 g/mol. The van der Waals surface area contributed by atoms with Crippen molar-refractivity contribution in [2.45, 2.75) is 6.04 Å². The number of anilines is 1. The van der Waals surface area contributed by atoms with Crippen molar-refractivity contribution in [2.24, 2.45) is 4.40 Å². The molecule has 4 rings (SSSR count). The Morgan fingerprint density at radius 3 is 2.67 bits per heavy atom. The predicted molar refractivity (Wildman–Crippen MR) is 116 cm³/mol. The highest BCUT2D eigenvalue weighted by atomic mass is 35.5. The Balaban J connectivity index is 1.70. The van der Waals surface area contributed by atoms with Gasteiger partial charge < -0.3 is 15.0 Å². The zero-order valence-corrected chi connectivity index (χ0v) is 17.5. The molecule has 1 saturated heterocycles. The van der Waals surface area contributed by atoms with Gasteiger partial charge in [-0.3, -0.25) is 0 Å². The summed E-state index contributed by atoms with van der Waals surface area (Å²) in [4.78, 5) is 1.83. The van der Waals surface area contributed by atoms with Gasteiger partial charge in [-0.2, -0.15) is 5.10 Å². The molecule has 0 bridgehead atoms. The number of aromatic nitrogens is 2. The number of rotatable bonds is 5. The number of hydrogen-bond donors (Lipinski definition) is 1. The van der Waals surface area contributed by atoms with Crippen molar-refractivity contribution >= 4 is 33.3 Å². The first-order valence-corrected chi connectivity index (χ1v) is 11.3. The number of sulfonamides is 1. The van der Waals surface area contributed by atoms with E-state index in [1.54, 1.807) is 30.5 Å². The fourth-order valence-electron chi connectivity index (χ4n) is 3.16. The summed E-state index contributed by atoms with van der Waals surface area (Å²) in [6.07, 6.45) is 2.63. The van der Waals surface area contributed by atoms with Crippen LogP contribution in [-0.4, -0.2) is 37.4 Å². The molecule has 1 aliphatic rings. The van der Waals surface area contributed by atoms with Crippen LogP contribution in [0.2, 0.25) is 5.02 Å². The van der Waals surface area contributed by atoms with E-state index < -0.39 is 10.0 Å². The fraction of sp³-hybridized carbons (Fsp3) is 0.150. The van der Waals surface area contributed by atoms with Gasteiger partial charge in [0.15, 0.2) is 0 Å². The van der Waals surface area contributed by atoms with Crippen molar-refractivity contribution in [1.29, 1.82) is 0 Å². The molecule has 1 unspecified atom stereocenters. The van der Waals surface area contributed by atoms with Gasteiger partial charge in [0.1, 0.15) is 5.75 Å². The maximum Gasteiger partial charge on any atom is 0.253 e. The minimum atomic E-state index is -3.59. The lowest BCUT2D eigenvalue weighted by Crippen LogP contribution is -2.32. The second-order valence-electron chi connectivity index (χ2n) is 6.63. The standard InChI is InChI=1S/C20H18ClN5O3S/c1-30(27,28)25-20-22-13-18(26(20)16-9-7-15(21)8-10-16)14-4-2-5-17(12-14)29-19-6-3-11-23-24-19/h2-12,18H,13H2,1H3,(H,22,25). The molecule has 0 saturated carbocycles. The number of ether oxygens (including phenoxy) is 1. The molecular formula is C20H18ClN5O3S. The minimum absolute atomic E-state index is 0.211. The van der Waals surface area contributed by atoms with Gasteiger partial charge in [0.25, 0.3) is 10.0 Å². The first kappa shape index (κ1) is 20.1. The van der Waals surface area contributed by atoms with Gasteiger partial charge in [0.2, 0.25) is 11.8 Å². The van der Waals surface area contributed by atoms with Gasteiger partial charge in [-0.1, -0.05) is 23.7 Å². The summed E-state index contributed by atoms with van der Waals surface area (Å²) in [5, 5.41) is 11.4. The Morgan fingerprint density at radius 1 is 1.17 bits per heavy atom. The van der Waals surface area contributed by atoms with Crippen molar-refractivity contribution in [3.63, 3.8) is 0 Å². The van der Waals surface area contributed by atoms with E-state index in [0.29, 0.717) is 23.2 Å². The van der Waals surface area contributed by atoms with E-state index in [1.807, 2.05) is 41.3 Å². The van der Waals surface area contributed by atoms with Crippen LogP contribution in [0.25, 0.3) is 0 Å². The van der Waals surface area contributed by atoms with Crippen LogP contribution >= 0.6 is 11.6 Å². The quantitative estimate of drug-likeness (QED) is 0.645. The first-order valence-electron chi connectivity index (χ1n) is 9.03. The second-order valence-corrected chi connectivity index (χ2v) is 8.71. The van der Waals surface area contributed by atoms with E-state index in [1.165, 1.54) is 0 Å². The van der Waals surface area contributed by atoms with E-state index in [9.17, 15) is 8.42 Å². The Hall–Kier alpha value is -3.17. The average Bonchev–Trinajstić information content (AvgIpc) is 3.11. The van der Waals surface area contributed by atoms with Crippen molar-refractivity contribution in [2.75, 3.05) is 17.7 Å². The highest BCUT2D eigenvalue weighted by molar-refractivity contribution is 7.89. The van der Waals surface area contributed by atoms with E-state index in [0.717, 1.165) is 17.5 Å². The molecule has 1 aliphatic heterocycles. The summed E-state index contributed by atoms with van der Waals surface area (Å²) in [6.45, 7) is 0.464. The third kappa shape index (κ3) is 4.69. The van der Waals surface area contributed by atoms with Gasteiger partial charge in [0, 0.05) is 29.5 Å². The van der Waals surface area contributed by atoms with E-state index in [2.05, 4.69) is 19.9 Å². The zero-order valence-electron chi connectivity index (χ0n) is 15.9. The summed E-state index contributed by atoms with van der Waals surface area (Å²) >= 11 is 6.02. The maximum absolute atomic E-state index is 11.8. The average molecular weight is 444 g/mol. The molecule has 10 heteroatoms. The van der Waals surface area contributed by atoms with E-state index >= 15 is 0 Å². The second kappa shape index (κ2) is 8.29. The lowest BCUT2D eigenvalue weighted by molar-refractivity contribution is 0.454. The van der Waals surface area contributed by atoms with Crippen LogP contribution in [0.4, 0.5) is 5.69 Å². The summed E-state index contributed by atoms with van der Waals surface area (Å²) < 4.78 is 33.3. The predicted octanol–water partition coefficient (Wildman–Crippen LogP) is 3.39. The molecule has 1 N–H and O–H groups in total. The molecule has 0 amide bonds. The highest BCUT2D eigenvalue weighted by Crippen LogP contribution is 2.33. The molecule has 30 heavy (non-hydrogen) atoms. The van der Waals surface area contributed by atoms with Gasteiger partial charge in [-0.05, 0) is 48.0 Å². The number of nitrogens with one attached hydrogen (secondary N) is 1. The molecule has 0 aliphatic carbocycles. The highest BCUT2D eigenvalue weighted by Gasteiger charge is 2.33. The Kier molecular flexibility index (Phi) is 5.56. The van der Waals surface area contributed by atoms with Crippen LogP contribution < -0.4 is 15.0 Å². The molecule has 3 aromatic rings. The van der Waals surface area contributed by atoms with Gasteiger partial charge in [-0.15, -0.1) is 9.50 Å². The Bertz CT molecular complexity index is 1170. The van der Waals surface area contributed by atoms with Crippen LogP contribution in [0, 0.1) is 0 Å². The summed E-state index contributed by atoms with van der Waals surface area (Å²) in [5.74, 6) is 1.23. The molecule has 1 aromatic heterocycles. The Morgan fingerprint density at radius 2 is 1.97 bits per heavy atom. The zero-order chi connectivity index (χ0) is 21.1. The number of guanidine groups is 1. The van der Waals surface area contributed by atoms with E-state index in [4.69, 9.17) is 16.3 Å². The normalized spacial score (nSPS) is 17.7. The lowest BCUT2D eigenvalue weighted by atomic mass is 10.1. The van der Waals surface area contributed by atoms with Crippen molar-refractivity contribution in [3.05, 3.63) is 77.4 Å². The van der Waals surface area contributed by atoms with Crippen LogP contribution in [0.5, 0.6) is 11.6 Å². The van der Waals surface area contributed by atoms with Crippen molar-refractivity contribution < 1.29 is 13.2 Å². The molecule has 0 spiro atoms. The molecule has 1 fully saturated rings. The summed E-state index contributed by atoms with van der Waals surface area (Å²) in [5.41, 5.74) is 1.68. The SMILES string of the molecule is CS(=O)(=O)N=C1NCC(c2cccc(Oc3cccnn3)c2)N1c1ccc(Cl)cc1. The van der Waals surface area contributed by atoms with Crippen LogP contribution in [-0.2, 0) is 10.0 Å². The number of benzene rings is 2. The van der Waals surface area contributed by atoms with Crippen LogP contribution in [0.15, 0.2) is 71.3 Å². The van der Waals surface area contributed by atoms with Gasteiger partial charge in [0.05, 0.1) is 12.3 Å². The molecule has 8 nitrogen and oxygen atoms in total. The smallest absolute Gasteiger partial charge is 0.253 e. The van der Waals surface area contributed by atoms with E-state index in [-0.39, 0.29) is 12.0 Å². The van der Waals surface area contributed by atoms with Crippen LogP contribution in [0.3, 0.4) is 0 Å². The molecule has 2 aromatic carbocycles. The third-order valence-electron chi connectivity index (χ3n) is 4.36. The largest absolute Gasteiger partial charge is 0.438 e. The number of hydrogen-bond acceptors (Lipinski definition) is 5. The minimum Gasteiger partial charge on any atom is -0.438 e. The molecular weight excluding hydrogens is 426 g/mol. The fourth-order valence-corrected chi connectivity index (χ4v) is 3.76. The van der Waals surface area contributed by atoms with Crippen molar-refractivity contribution in [3.8, 4) is 11.6 Å². The maximum atomic E-state index is 11.8. The van der Waals surface area contributed by atoms with Crippen molar-refractivity contribution in [1.82, 2.24) is 15.5 Å². The molecule has 2 heterocycles. The third-order valence-corrected chi connectivity index (χ3v) is 5.12. The summed E-state index contributed by atoms with van der Waals surface area (Å²) in [7, 11) is -3.59. The number of nitrogens with zero attached hydrogens (tertiary/aromatic N) is 4.